The molecule has 0 amide bonds. The smallest absolute Gasteiger partial charge is 0.422 e. The lowest BCUT2D eigenvalue weighted by Gasteiger charge is -2.37. The molecule has 0 saturated carbocycles. The predicted molar refractivity (Wildman–Crippen MR) is 120 cm³/mol. The van der Waals surface area contributed by atoms with Crippen molar-refractivity contribution in [1.82, 2.24) is 15.2 Å². The van der Waals surface area contributed by atoms with E-state index in [0.29, 0.717) is 11.5 Å². The standard InChI is InChI=1S/C18H22F3N5OS.HI/c1-22-17(26-9-7-25(8-10-26)15-5-3-11-28-15)24-12-14-4-2-6-23-16(14)27-13-18(19,20)21;/h2-6,11H,7-10,12-13H2,1H3,(H,22,24);1H. The maximum atomic E-state index is 12.4. The van der Waals surface area contributed by atoms with Gasteiger partial charge in [-0.25, -0.2) is 4.98 Å². The van der Waals surface area contributed by atoms with Gasteiger partial charge in [0.1, 0.15) is 0 Å². The van der Waals surface area contributed by atoms with E-state index in [4.69, 9.17) is 4.74 Å². The highest BCUT2D eigenvalue weighted by Gasteiger charge is 2.29. The molecular weight excluding hydrogens is 518 g/mol. The number of anilines is 1. The van der Waals surface area contributed by atoms with E-state index in [0.717, 1.165) is 26.2 Å². The minimum Gasteiger partial charge on any atom is -0.468 e. The van der Waals surface area contributed by atoms with Crippen LogP contribution in [0.15, 0.2) is 40.8 Å². The molecule has 3 heterocycles. The Bertz CT molecular complexity index is 780. The average molecular weight is 541 g/mol. The third-order valence-corrected chi connectivity index (χ3v) is 5.20. The minimum absolute atomic E-state index is 0. The number of piperazine rings is 1. The highest BCUT2D eigenvalue weighted by atomic mass is 127. The number of guanidine groups is 1. The number of rotatable bonds is 5. The first-order chi connectivity index (χ1) is 13.5. The van der Waals surface area contributed by atoms with Crippen LogP contribution < -0.4 is 15.0 Å². The minimum atomic E-state index is -4.40. The second kappa shape index (κ2) is 10.9. The zero-order valence-corrected chi connectivity index (χ0v) is 19.0. The van der Waals surface area contributed by atoms with Gasteiger partial charge in [0.15, 0.2) is 12.6 Å². The van der Waals surface area contributed by atoms with Crippen molar-refractivity contribution in [3.63, 3.8) is 0 Å². The summed E-state index contributed by atoms with van der Waals surface area (Å²) in [6, 6.07) is 7.51. The molecule has 29 heavy (non-hydrogen) atoms. The number of hydrogen-bond donors (Lipinski definition) is 1. The SMILES string of the molecule is CN=C(NCc1cccnc1OCC(F)(F)F)N1CCN(c2cccs2)CC1.I. The molecule has 0 bridgehead atoms. The molecule has 6 nitrogen and oxygen atoms in total. The summed E-state index contributed by atoms with van der Waals surface area (Å²) < 4.78 is 42.1. The normalized spacial score (nSPS) is 15.1. The maximum Gasteiger partial charge on any atom is 0.422 e. The molecule has 0 aromatic carbocycles. The summed E-state index contributed by atoms with van der Waals surface area (Å²) in [4.78, 5) is 12.7. The van der Waals surface area contributed by atoms with Gasteiger partial charge >= 0.3 is 6.18 Å². The van der Waals surface area contributed by atoms with Crippen LogP contribution in [0, 0.1) is 0 Å². The van der Waals surface area contributed by atoms with Crippen molar-refractivity contribution in [3.05, 3.63) is 41.4 Å². The van der Waals surface area contributed by atoms with Crippen molar-refractivity contribution in [2.24, 2.45) is 4.99 Å². The lowest BCUT2D eigenvalue weighted by Crippen LogP contribution is -2.52. The van der Waals surface area contributed by atoms with Crippen LogP contribution in [0.5, 0.6) is 5.88 Å². The van der Waals surface area contributed by atoms with E-state index in [1.54, 1.807) is 30.5 Å². The maximum absolute atomic E-state index is 12.4. The van der Waals surface area contributed by atoms with E-state index >= 15 is 0 Å². The van der Waals surface area contributed by atoms with E-state index in [2.05, 4.69) is 36.5 Å². The molecule has 0 atom stereocenters. The molecule has 11 heteroatoms. The predicted octanol–water partition coefficient (Wildman–Crippen LogP) is 3.60. The number of aromatic nitrogens is 1. The number of aliphatic imine (C=N–C) groups is 1. The molecule has 2 aromatic heterocycles. The number of ether oxygens (including phenoxy) is 1. The van der Waals surface area contributed by atoms with Crippen LogP contribution in [-0.2, 0) is 6.54 Å². The zero-order valence-electron chi connectivity index (χ0n) is 15.9. The molecule has 3 rings (SSSR count). The fourth-order valence-corrected chi connectivity index (χ4v) is 3.72. The van der Waals surface area contributed by atoms with Crippen LogP contribution in [0.3, 0.4) is 0 Å². The molecule has 0 spiro atoms. The summed E-state index contributed by atoms with van der Waals surface area (Å²) in [7, 11) is 1.69. The Balaban J connectivity index is 0.00000300. The van der Waals surface area contributed by atoms with E-state index in [9.17, 15) is 13.2 Å². The van der Waals surface area contributed by atoms with Crippen LogP contribution >= 0.6 is 35.3 Å². The van der Waals surface area contributed by atoms with Crippen LogP contribution in [0.25, 0.3) is 0 Å². The van der Waals surface area contributed by atoms with Gasteiger partial charge in [0.25, 0.3) is 0 Å². The first kappa shape index (κ1) is 23.5. The third kappa shape index (κ3) is 6.91. The Morgan fingerprint density at radius 3 is 2.62 bits per heavy atom. The van der Waals surface area contributed by atoms with Gasteiger partial charge < -0.3 is 19.9 Å². The third-order valence-electron chi connectivity index (χ3n) is 4.27. The Morgan fingerprint density at radius 1 is 1.24 bits per heavy atom. The van der Waals surface area contributed by atoms with Crippen molar-refractivity contribution in [1.29, 1.82) is 0 Å². The van der Waals surface area contributed by atoms with Crippen molar-refractivity contribution < 1.29 is 17.9 Å². The summed E-state index contributed by atoms with van der Waals surface area (Å²) in [6.45, 7) is 2.29. The molecule has 1 aliphatic rings. The number of nitrogens with zero attached hydrogens (tertiary/aromatic N) is 4. The summed E-state index contributed by atoms with van der Waals surface area (Å²) in [6.07, 6.45) is -2.99. The van der Waals surface area contributed by atoms with E-state index in [1.165, 1.54) is 11.2 Å². The first-order valence-electron chi connectivity index (χ1n) is 8.84. The fraction of sp³-hybridized carbons (Fsp3) is 0.444. The molecular formula is C18H23F3IN5OS. The van der Waals surface area contributed by atoms with Gasteiger partial charge in [0, 0.05) is 51.5 Å². The second-order valence-corrected chi connectivity index (χ2v) is 7.12. The lowest BCUT2D eigenvalue weighted by atomic mass is 10.2. The van der Waals surface area contributed by atoms with E-state index in [-0.39, 0.29) is 36.4 Å². The summed E-state index contributed by atoms with van der Waals surface area (Å²) in [5.41, 5.74) is 0.546. The monoisotopic (exact) mass is 541 g/mol. The Morgan fingerprint density at radius 2 is 2.00 bits per heavy atom. The van der Waals surface area contributed by atoms with E-state index < -0.39 is 12.8 Å². The molecule has 1 aliphatic heterocycles. The summed E-state index contributed by atoms with van der Waals surface area (Å²) in [5, 5.41) is 6.52. The fourth-order valence-electron chi connectivity index (χ4n) is 2.93. The number of thiophene rings is 1. The average Bonchev–Trinajstić information content (AvgIpc) is 3.22. The molecule has 0 radical (unpaired) electrons. The molecule has 2 aromatic rings. The van der Waals surface area contributed by atoms with Crippen molar-refractivity contribution in [3.8, 4) is 5.88 Å². The van der Waals surface area contributed by atoms with E-state index in [1.807, 2.05) is 6.07 Å². The van der Waals surface area contributed by atoms with Gasteiger partial charge in [-0.05, 0) is 23.6 Å². The number of halogens is 4. The molecule has 1 saturated heterocycles. The van der Waals surface area contributed by atoms with Gasteiger partial charge in [-0.2, -0.15) is 13.2 Å². The second-order valence-electron chi connectivity index (χ2n) is 6.20. The van der Waals surface area contributed by atoms with Gasteiger partial charge in [-0.1, -0.05) is 6.07 Å². The molecule has 0 unspecified atom stereocenters. The lowest BCUT2D eigenvalue weighted by molar-refractivity contribution is -0.154. The largest absolute Gasteiger partial charge is 0.468 e. The Hall–Kier alpha value is -1.76. The van der Waals surface area contributed by atoms with Crippen LogP contribution in [0.1, 0.15) is 5.56 Å². The van der Waals surface area contributed by atoms with Gasteiger partial charge in [0.2, 0.25) is 5.88 Å². The van der Waals surface area contributed by atoms with Crippen molar-refractivity contribution in [2.75, 3.05) is 44.7 Å². The quantitative estimate of drug-likeness (QED) is 0.357. The van der Waals surface area contributed by atoms with Gasteiger partial charge in [-0.3, -0.25) is 4.99 Å². The Kier molecular flexibility index (Phi) is 8.80. The van der Waals surface area contributed by atoms with Crippen LogP contribution in [-0.4, -0.2) is 61.9 Å². The number of nitrogens with one attached hydrogen (secondary N) is 1. The van der Waals surface area contributed by atoms with Crippen molar-refractivity contribution >= 4 is 46.3 Å². The first-order valence-corrected chi connectivity index (χ1v) is 9.72. The topological polar surface area (TPSA) is 53.0 Å². The highest BCUT2D eigenvalue weighted by Crippen LogP contribution is 2.23. The van der Waals surface area contributed by atoms with Gasteiger partial charge in [0.05, 0.1) is 5.00 Å². The van der Waals surface area contributed by atoms with Crippen LogP contribution in [0.4, 0.5) is 18.2 Å². The molecule has 1 N–H and O–H groups in total. The zero-order chi connectivity index (χ0) is 20.0. The summed E-state index contributed by atoms with van der Waals surface area (Å²) in [5.74, 6) is 0.682. The van der Waals surface area contributed by atoms with Crippen LogP contribution in [0.2, 0.25) is 0 Å². The Labute approximate surface area is 188 Å². The number of alkyl halides is 3. The van der Waals surface area contributed by atoms with Crippen molar-refractivity contribution in [2.45, 2.75) is 12.7 Å². The molecule has 1 fully saturated rings. The number of hydrogen-bond acceptors (Lipinski definition) is 5. The molecule has 0 aliphatic carbocycles. The number of pyridine rings is 1. The summed E-state index contributed by atoms with van der Waals surface area (Å²) >= 11 is 1.72. The highest BCUT2D eigenvalue weighted by molar-refractivity contribution is 14.0. The van der Waals surface area contributed by atoms with Gasteiger partial charge in [-0.15, -0.1) is 35.3 Å². The molecule has 160 valence electrons.